The highest BCUT2D eigenvalue weighted by Crippen LogP contribution is 2.26. The lowest BCUT2D eigenvalue weighted by Gasteiger charge is -2.36. The first kappa shape index (κ1) is 13.8. The summed E-state index contributed by atoms with van der Waals surface area (Å²) in [6, 6.07) is 1.08. The molecule has 1 aliphatic carbocycles. The third-order valence-electron chi connectivity index (χ3n) is 4.55. The molecule has 1 N–H and O–H groups in total. The van der Waals surface area contributed by atoms with E-state index in [2.05, 4.69) is 17.1 Å². The quantitative estimate of drug-likeness (QED) is 0.791. The number of rotatable bonds is 5. The number of nitrogens with one attached hydrogen (secondary N) is 1. The average molecular weight is 253 g/mol. The fraction of sp³-hybridized carbons (Fsp3) is 0.929. The Labute approximate surface area is 111 Å². The molecular weight excluding hydrogens is 226 g/mol. The molecule has 18 heavy (non-hydrogen) atoms. The van der Waals surface area contributed by atoms with E-state index in [-0.39, 0.29) is 0 Å². The number of likely N-dealkylation sites (N-methyl/N-ethyl adjacent to an activating group) is 1. The Balaban J connectivity index is 1.79. The van der Waals surface area contributed by atoms with E-state index in [1.54, 1.807) is 0 Å². The van der Waals surface area contributed by atoms with Gasteiger partial charge < -0.3 is 10.2 Å². The molecule has 0 aromatic rings. The van der Waals surface area contributed by atoms with Crippen LogP contribution in [0.2, 0.25) is 0 Å². The van der Waals surface area contributed by atoms with E-state index < -0.39 is 0 Å². The Bertz CT molecular complexity index is 291. The van der Waals surface area contributed by atoms with Gasteiger partial charge in [-0.1, -0.05) is 0 Å². The van der Waals surface area contributed by atoms with Gasteiger partial charge in [-0.05, 0) is 52.1 Å². The van der Waals surface area contributed by atoms with Crippen molar-refractivity contribution in [2.24, 2.45) is 5.92 Å². The predicted octanol–water partition coefficient (Wildman–Crippen LogP) is 0.927. The molecule has 1 saturated carbocycles. The zero-order valence-corrected chi connectivity index (χ0v) is 12.0. The second kappa shape index (κ2) is 6.02. The first-order valence-electron chi connectivity index (χ1n) is 7.27. The van der Waals surface area contributed by atoms with E-state index in [0.29, 0.717) is 30.5 Å². The van der Waals surface area contributed by atoms with Crippen LogP contribution in [0.5, 0.6) is 0 Å². The first-order chi connectivity index (χ1) is 8.61. The minimum Gasteiger partial charge on any atom is -0.342 e. The van der Waals surface area contributed by atoms with Crippen LogP contribution in [-0.4, -0.2) is 61.5 Å². The summed E-state index contributed by atoms with van der Waals surface area (Å²) in [6.45, 7) is 5.00. The van der Waals surface area contributed by atoms with Gasteiger partial charge in [0.1, 0.15) is 0 Å². The van der Waals surface area contributed by atoms with Gasteiger partial charge in [-0.2, -0.15) is 0 Å². The Hall–Kier alpha value is -0.610. The topological polar surface area (TPSA) is 35.6 Å². The SMILES string of the molecule is CNC(C)C1CCCN(CC(=O)N(C)C2CC2)C1. The maximum atomic E-state index is 12.1. The third-order valence-corrected chi connectivity index (χ3v) is 4.55. The summed E-state index contributed by atoms with van der Waals surface area (Å²) in [5.74, 6) is 0.984. The van der Waals surface area contributed by atoms with Crippen LogP contribution in [0.4, 0.5) is 0 Å². The van der Waals surface area contributed by atoms with Crippen LogP contribution in [-0.2, 0) is 4.79 Å². The van der Waals surface area contributed by atoms with E-state index >= 15 is 0 Å². The number of amides is 1. The highest BCUT2D eigenvalue weighted by molar-refractivity contribution is 5.78. The molecule has 4 nitrogen and oxygen atoms in total. The standard InChI is InChI=1S/C14H27N3O/c1-11(15-2)12-5-4-8-17(9-12)10-14(18)16(3)13-6-7-13/h11-13,15H,4-10H2,1-3H3. The van der Waals surface area contributed by atoms with Crippen LogP contribution in [0.25, 0.3) is 0 Å². The van der Waals surface area contributed by atoms with Crippen LogP contribution in [0.15, 0.2) is 0 Å². The highest BCUT2D eigenvalue weighted by Gasteiger charge is 2.31. The van der Waals surface area contributed by atoms with Gasteiger partial charge in [-0.25, -0.2) is 0 Å². The normalized spacial score (nSPS) is 26.9. The molecular formula is C14H27N3O. The van der Waals surface area contributed by atoms with Gasteiger partial charge in [0.05, 0.1) is 6.54 Å². The summed E-state index contributed by atoms with van der Waals surface area (Å²) >= 11 is 0. The van der Waals surface area contributed by atoms with Crippen LogP contribution < -0.4 is 5.32 Å². The molecule has 1 aliphatic heterocycles. The van der Waals surface area contributed by atoms with Crippen molar-refractivity contribution < 1.29 is 4.79 Å². The summed E-state index contributed by atoms with van der Waals surface area (Å²) in [5.41, 5.74) is 0. The summed E-state index contributed by atoms with van der Waals surface area (Å²) in [4.78, 5) is 16.4. The number of likely N-dealkylation sites (tertiary alicyclic amines) is 1. The Morgan fingerprint density at radius 3 is 2.78 bits per heavy atom. The van der Waals surface area contributed by atoms with Crippen molar-refractivity contribution in [2.75, 3.05) is 33.7 Å². The lowest BCUT2D eigenvalue weighted by atomic mass is 9.91. The smallest absolute Gasteiger partial charge is 0.236 e. The molecule has 2 aliphatic rings. The second-order valence-corrected chi connectivity index (χ2v) is 5.95. The molecule has 1 saturated heterocycles. The molecule has 4 heteroatoms. The van der Waals surface area contributed by atoms with Crippen molar-refractivity contribution in [3.63, 3.8) is 0 Å². The predicted molar refractivity (Wildman–Crippen MR) is 73.5 cm³/mol. The van der Waals surface area contributed by atoms with Crippen molar-refractivity contribution in [3.8, 4) is 0 Å². The van der Waals surface area contributed by atoms with Crippen LogP contribution >= 0.6 is 0 Å². The molecule has 1 heterocycles. The molecule has 104 valence electrons. The van der Waals surface area contributed by atoms with Gasteiger partial charge in [0.2, 0.25) is 5.91 Å². The number of piperidine rings is 1. The number of nitrogens with zero attached hydrogens (tertiary/aromatic N) is 2. The molecule has 2 rings (SSSR count). The second-order valence-electron chi connectivity index (χ2n) is 5.95. The molecule has 0 bridgehead atoms. The molecule has 0 radical (unpaired) electrons. The van der Waals surface area contributed by atoms with Crippen LogP contribution in [0.1, 0.15) is 32.6 Å². The lowest BCUT2D eigenvalue weighted by Crippen LogP contribution is -2.47. The van der Waals surface area contributed by atoms with Gasteiger partial charge in [-0.3, -0.25) is 9.69 Å². The minimum absolute atomic E-state index is 0.301. The largest absolute Gasteiger partial charge is 0.342 e. The molecule has 0 spiro atoms. The molecule has 0 aromatic carbocycles. The maximum Gasteiger partial charge on any atom is 0.236 e. The number of carbonyl (C=O) groups excluding carboxylic acids is 1. The van der Waals surface area contributed by atoms with Crippen molar-refractivity contribution in [2.45, 2.75) is 44.7 Å². The van der Waals surface area contributed by atoms with E-state index in [0.717, 1.165) is 13.1 Å². The van der Waals surface area contributed by atoms with Gasteiger partial charge in [0.25, 0.3) is 0 Å². The highest BCUT2D eigenvalue weighted by atomic mass is 16.2. The summed E-state index contributed by atoms with van der Waals surface area (Å²) < 4.78 is 0. The van der Waals surface area contributed by atoms with Crippen LogP contribution in [0, 0.1) is 5.92 Å². The Morgan fingerprint density at radius 2 is 2.17 bits per heavy atom. The lowest BCUT2D eigenvalue weighted by molar-refractivity contribution is -0.132. The number of hydrogen-bond donors (Lipinski definition) is 1. The van der Waals surface area contributed by atoms with Crippen LogP contribution in [0.3, 0.4) is 0 Å². The van der Waals surface area contributed by atoms with E-state index in [4.69, 9.17) is 0 Å². The molecule has 2 atom stereocenters. The van der Waals surface area contributed by atoms with Gasteiger partial charge in [0.15, 0.2) is 0 Å². The zero-order chi connectivity index (χ0) is 13.1. The Morgan fingerprint density at radius 1 is 1.44 bits per heavy atom. The summed E-state index contributed by atoms with van der Waals surface area (Å²) in [7, 11) is 3.98. The summed E-state index contributed by atoms with van der Waals surface area (Å²) in [6.07, 6.45) is 4.89. The first-order valence-corrected chi connectivity index (χ1v) is 7.27. The average Bonchev–Trinajstić information content (AvgIpc) is 3.21. The monoisotopic (exact) mass is 253 g/mol. The van der Waals surface area contributed by atoms with Gasteiger partial charge in [0, 0.05) is 25.7 Å². The minimum atomic E-state index is 0.301. The molecule has 0 aromatic heterocycles. The fourth-order valence-corrected chi connectivity index (χ4v) is 2.85. The summed E-state index contributed by atoms with van der Waals surface area (Å²) in [5, 5.41) is 3.34. The molecule has 2 fully saturated rings. The zero-order valence-electron chi connectivity index (χ0n) is 12.0. The van der Waals surface area contributed by atoms with Crippen molar-refractivity contribution >= 4 is 5.91 Å². The third kappa shape index (κ3) is 3.45. The van der Waals surface area contributed by atoms with Gasteiger partial charge in [-0.15, -0.1) is 0 Å². The molecule has 2 unspecified atom stereocenters. The van der Waals surface area contributed by atoms with Crippen molar-refractivity contribution in [1.82, 2.24) is 15.1 Å². The van der Waals surface area contributed by atoms with Crippen molar-refractivity contribution in [1.29, 1.82) is 0 Å². The maximum absolute atomic E-state index is 12.1. The van der Waals surface area contributed by atoms with E-state index in [1.165, 1.54) is 25.7 Å². The van der Waals surface area contributed by atoms with Crippen molar-refractivity contribution in [3.05, 3.63) is 0 Å². The number of carbonyl (C=O) groups is 1. The van der Waals surface area contributed by atoms with E-state index in [1.807, 2.05) is 19.0 Å². The number of hydrogen-bond acceptors (Lipinski definition) is 3. The van der Waals surface area contributed by atoms with Gasteiger partial charge >= 0.3 is 0 Å². The molecule has 1 amide bonds. The fourth-order valence-electron chi connectivity index (χ4n) is 2.85. The Kier molecular flexibility index (Phi) is 4.62. The van der Waals surface area contributed by atoms with E-state index in [9.17, 15) is 4.79 Å².